The predicted molar refractivity (Wildman–Crippen MR) is 32.9 cm³/mol. The van der Waals surface area contributed by atoms with Crippen molar-refractivity contribution in [1.82, 2.24) is 5.16 Å². The summed E-state index contributed by atoms with van der Waals surface area (Å²) in [4.78, 5) is 10.6. The Labute approximate surface area is 61.7 Å². The van der Waals surface area contributed by atoms with Gasteiger partial charge in [0.15, 0.2) is 5.15 Å². The highest BCUT2D eigenvalue weighted by atomic mass is 35.5. The molecule has 5 heteroatoms. The van der Waals surface area contributed by atoms with Crippen LogP contribution < -0.4 is 0 Å². The molecule has 0 N–H and O–H groups in total. The predicted octanol–water partition coefficient (Wildman–Crippen LogP) is 1.11. The Hall–Kier alpha value is -1.03. The van der Waals surface area contributed by atoms with Gasteiger partial charge < -0.3 is 9.26 Å². The number of halogens is 1. The molecule has 0 saturated carbocycles. The summed E-state index contributed by atoms with van der Waals surface area (Å²) in [5.41, 5.74) is 0. The molecule has 1 aromatic rings. The van der Waals surface area contributed by atoms with Crippen LogP contribution in [0.5, 0.6) is 0 Å². The first kappa shape index (κ1) is 7.08. The average molecular weight is 162 g/mol. The fraction of sp³-hybridized carbons (Fsp3) is 0.200. The van der Waals surface area contributed by atoms with Crippen molar-refractivity contribution in [3.05, 3.63) is 17.0 Å². The second-order valence-corrected chi connectivity index (χ2v) is 1.89. The average Bonchev–Trinajstić information content (AvgIpc) is 2.34. The van der Waals surface area contributed by atoms with E-state index in [-0.39, 0.29) is 10.9 Å². The second-order valence-electron chi connectivity index (χ2n) is 1.51. The van der Waals surface area contributed by atoms with Crippen molar-refractivity contribution in [3.8, 4) is 0 Å². The first-order chi connectivity index (χ1) is 4.74. The van der Waals surface area contributed by atoms with Gasteiger partial charge in [0.25, 0.3) is 0 Å². The topological polar surface area (TPSA) is 52.3 Å². The number of carbonyl (C=O) groups is 1. The first-order valence-electron chi connectivity index (χ1n) is 2.44. The monoisotopic (exact) mass is 161 g/mol. The highest BCUT2D eigenvalue weighted by Gasteiger charge is 2.10. The van der Waals surface area contributed by atoms with Crippen LogP contribution in [0.1, 0.15) is 10.6 Å². The number of methoxy groups -OCH3 is 1. The van der Waals surface area contributed by atoms with Crippen LogP contribution in [0, 0.1) is 0 Å². The van der Waals surface area contributed by atoms with Crippen molar-refractivity contribution in [2.45, 2.75) is 0 Å². The number of esters is 1. The quantitative estimate of drug-likeness (QED) is 0.579. The highest BCUT2D eigenvalue weighted by Crippen LogP contribution is 2.08. The van der Waals surface area contributed by atoms with Gasteiger partial charge >= 0.3 is 5.97 Å². The Kier molecular flexibility index (Phi) is 1.91. The zero-order chi connectivity index (χ0) is 7.56. The summed E-state index contributed by atoms with van der Waals surface area (Å²) in [7, 11) is 1.25. The largest absolute Gasteiger partial charge is 0.463 e. The van der Waals surface area contributed by atoms with E-state index in [4.69, 9.17) is 11.6 Å². The van der Waals surface area contributed by atoms with E-state index in [9.17, 15) is 4.79 Å². The SMILES string of the molecule is COC(=O)c1cc(Cl)no1. The summed E-state index contributed by atoms with van der Waals surface area (Å²) in [6, 6.07) is 1.29. The molecule has 0 unspecified atom stereocenters. The first-order valence-corrected chi connectivity index (χ1v) is 2.82. The van der Waals surface area contributed by atoms with E-state index in [1.807, 2.05) is 0 Å². The number of carbonyl (C=O) groups excluding carboxylic acids is 1. The van der Waals surface area contributed by atoms with Crippen LogP contribution in [0.2, 0.25) is 5.15 Å². The van der Waals surface area contributed by atoms with Crippen LogP contribution in [-0.4, -0.2) is 18.2 Å². The molecule has 54 valence electrons. The molecule has 4 nitrogen and oxygen atoms in total. The molecule has 1 rings (SSSR count). The summed E-state index contributed by atoms with van der Waals surface area (Å²) in [5, 5.41) is 3.41. The zero-order valence-corrected chi connectivity index (χ0v) is 5.88. The van der Waals surface area contributed by atoms with Crippen molar-refractivity contribution in [2.24, 2.45) is 0 Å². The van der Waals surface area contributed by atoms with Crippen molar-refractivity contribution < 1.29 is 14.1 Å². The fourth-order valence-corrected chi connectivity index (χ4v) is 0.584. The van der Waals surface area contributed by atoms with Gasteiger partial charge in [0.1, 0.15) is 0 Å². The molecule has 0 fully saturated rings. The van der Waals surface area contributed by atoms with Gasteiger partial charge in [-0.25, -0.2) is 4.79 Å². The molecule has 0 aliphatic rings. The lowest BCUT2D eigenvalue weighted by Gasteiger charge is -1.88. The molecule has 0 radical (unpaired) electrons. The standard InChI is InChI=1S/C5H4ClNO3/c1-9-5(8)3-2-4(6)7-10-3/h2H,1H3. The molecular formula is C5H4ClNO3. The Morgan fingerprint density at radius 3 is 3.00 bits per heavy atom. The van der Waals surface area contributed by atoms with E-state index in [1.54, 1.807) is 0 Å². The second kappa shape index (κ2) is 2.70. The summed E-state index contributed by atoms with van der Waals surface area (Å²) >= 11 is 5.35. The normalized spacial score (nSPS) is 9.40. The van der Waals surface area contributed by atoms with E-state index in [0.717, 1.165) is 0 Å². The molecule has 0 aliphatic carbocycles. The van der Waals surface area contributed by atoms with Crippen LogP contribution in [0.3, 0.4) is 0 Å². The summed E-state index contributed by atoms with van der Waals surface area (Å²) < 4.78 is 8.78. The molecule has 0 bridgehead atoms. The molecule has 10 heavy (non-hydrogen) atoms. The van der Waals surface area contributed by atoms with Gasteiger partial charge in [0, 0.05) is 6.07 Å². The number of rotatable bonds is 1. The smallest absolute Gasteiger partial charge is 0.376 e. The van der Waals surface area contributed by atoms with Gasteiger partial charge in [-0.15, -0.1) is 0 Å². The van der Waals surface area contributed by atoms with Crippen LogP contribution in [0.25, 0.3) is 0 Å². The molecule has 0 saturated heterocycles. The number of hydrogen-bond acceptors (Lipinski definition) is 4. The molecular weight excluding hydrogens is 158 g/mol. The minimum atomic E-state index is -0.584. The maximum absolute atomic E-state index is 10.6. The minimum absolute atomic E-state index is 0.00694. The lowest BCUT2D eigenvalue weighted by molar-refractivity contribution is 0.0554. The Balaban J connectivity index is 2.85. The number of aromatic nitrogens is 1. The molecule has 0 atom stereocenters. The molecule has 1 aromatic heterocycles. The lowest BCUT2D eigenvalue weighted by Crippen LogP contribution is -1.98. The van der Waals surface area contributed by atoms with Gasteiger partial charge in [-0.2, -0.15) is 0 Å². The minimum Gasteiger partial charge on any atom is -0.463 e. The summed E-state index contributed by atoms with van der Waals surface area (Å²) in [6.07, 6.45) is 0. The van der Waals surface area contributed by atoms with Crippen molar-refractivity contribution in [2.75, 3.05) is 7.11 Å². The van der Waals surface area contributed by atoms with Crippen LogP contribution in [0.15, 0.2) is 10.6 Å². The number of hydrogen-bond donors (Lipinski definition) is 0. The Bertz CT molecular complexity index is 245. The van der Waals surface area contributed by atoms with Crippen molar-refractivity contribution in [3.63, 3.8) is 0 Å². The Morgan fingerprint density at radius 1 is 1.90 bits per heavy atom. The van der Waals surface area contributed by atoms with Gasteiger partial charge in [-0.3, -0.25) is 0 Å². The molecule has 0 spiro atoms. The van der Waals surface area contributed by atoms with Gasteiger partial charge in [0.05, 0.1) is 7.11 Å². The third-order valence-corrected chi connectivity index (χ3v) is 1.05. The van der Waals surface area contributed by atoms with E-state index >= 15 is 0 Å². The number of ether oxygens (including phenoxy) is 1. The highest BCUT2D eigenvalue weighted by molar-refractivity contribution is 6.29. The number of nitrogens with zero attached hydrogens (tertiary/aromatic N) is 1. The van der Waals surface area contributed by atoms with Gasteiger partial charge in [0.2, 0.25) is 5.76 Å². The van der Waals surface area contributed by atoms with Crippen LogP contribution >= 0.6 is 11.6 Å². The molecule has 0 amide bonds. The van der Waals surface area contributed by atoms with Gasteiger partial charge in [-0.1, -0.05) is 16.8 Å². The van der Waals surface area contributed by atoms with E-state index in [1.165, 1.54) is 13.2 Å². The van der Waals surface area contributed by atoms with E-state index in [0.29, 0.717) is 0 Å². The maximum atomic E-state index is 10.6. The van der Waals surface area contributed by atoms with E-state index in [2.05, 4.69) is 14.4 Å². The summed E-state index contributed by atoms with van der Waals surface area (Å²) in [5.74, 6) is -0.577. The van der Waals surface area contributed by atoms with Crippen molar-refractivity contribution >= 4 is 17.6 Å². The van der Waals surface area contributed by atoms with E-state index < -0.39 is 5.97 Å². The summed E-state index contributed by atoms with van der Waals surface area (Å²) in [6.45, 7) is 0. The molecule has 0 aliphatic heterocycles. The van der Waals surface area contributed by atoms with Crippen LogP contribution in [-0.2, 0) is 4.74 Å². The molecule has 1 heterocycles. The van der Waals surface area contributed by atoms with Gasteiger partial charge in [-0.05, 0) is 0 Å². The lowest BCUT2D eigenvalue weighted by atomic mass is 10.5. The Morgan fingerprint density at radius 2 is 2.60 bits per heavy atom. The van der Waals surface area contributed by atoms with Crippen molar-refractivity contribution in [1.29, 1.82) is 0 Å². The fourth-order valence-electron chi connectivity index (χ4n) is 0.450. The van der Waals surface area contributed by atoms with Crippen LogP contribution in [0.4, 0.5) is 0 Å². The zero-order valence-electron chi connectivity index (χ0n) is 5.13. The third kappa shape index (κ3) is 1.27. The maximum Gasteiger partial charge on any atom is 0.376 e. The third-order valence-electron chi connectivity index (χ3n) is 0.868. The molecule has 0 aromatic carbocycles.